The van der Waals surface area contributed by atoms with Crippen molar-refractivity contribution in [3.8, 4) is 11.1 Å². The van der Waals surface area contributed by atoms with Crippen LogP contribution in [-0.4, -0.2) is 13.2 Å². The summed E-state index contributed by atoms with van der Waals surface area (Å²) in [6.45, 7) is 1.51. The SMILES string of the molecule is NC(COCC1CC1)c1ccc2c(c1)Cc1ccccc1-2. The van der Waals surface area contributed by atoms with Crippen LogP contribution in [0.2, 0.25) is 0 Å². The molecule has 1 atom stereocenters. The smallest absolute Gasteiger partial charge is 0.0659 e. The molecule has 0 spiro atoms. The molecule has 0 aliphatic heterocycles. The first-order valence-electron chi connectivity index (χ1n) is 7.85. The Morgan fingerprint density at radius 2 is 1.86 bits per heavy atom. The lowest BCUT2D eigenvalue weighted by atomic mass is 10.0. The second-order valence-corrected chi connectivity index (χ2v) is 6.34. The molecule has 1 unspecified atom stereocenters. The van der Waals surface area contributed by atoms with Gasteiger partial charge in [-0.25, -0.2) is 0 Å². The highest BCUT2D eigenvalue weighted by Gasteiger charge is 2.22. The maximum atomic E-state index is 6.28. The van der Waals surface area contributed by atoms with Crippen LogP contribution in [0, 0.1) is 5.92 Å². The highest BCUT2D eigenvalue weighted by atomic mass is 16.5. The first kappa shape index (κ1) is 13.1. The lowest BCUT2D eigenvalue weighted by molar-refractivity contribution is 0.112. The van der Waals surface area contributed by atoms with Gasteiger partial charge in [0.15, 0.2) is 0 Å². The van der Waals surface area contributed by atoms with E-state index in [1.54, 1.807) is 0 Å². The van der Waals surface area contributed by atoms with Crippen molar-refractivity contribution >= 4 is 0 Å². The number of hydrogen-bond acceptors (Lipinski definition) is 2. The molecule has 2 aliphatic carbocycles. The third-order valence-electron chi connectivity index (χ3n) is 4.59. The average molecular weight is 279 g/mol. The molecule has 2 N–H and O–H groups in total. The summed E-state index contributed by atoms with van der Waals surface area (Å²) in [6, 6.07) is 15.3. The van der Waals surface area contributed by atoms with Gasteiger partial charge in [0.05, 0.1) is 12.6 Å². The third kappa shape index (κ3) is 2.61. The molecule has 21 heavy (non-hydrogen) atoms. The van der Waals surface area contributed by atoms with Crippen molar-refractivity contribution in [1.29, 1.82) is 0 Å². The lowest BCUT2D eigenvalue weighted by Crippen LogP contribution is -2.18. The average Bonchev–Trinajstić information content (AvgIpc) is 3.25. The Labute approximate surface area is 125 Å². The van der Waals surface area contributed by atoms with Gasteiger partial charge in [0.25, 0.3) is 0 Å². The van der Waals surface area contributed by atoms with Gasteiger partial charge in [-0.2, -0.15) is 0 Å². The summed E-state index contributed by atoms with van der Waals surface area (Å²) in [5, 5.41) is 0. The third-order valence-corrected chi connectivity index (χ3v) is 4.59. The highest BCUT2D eigenvalue weighted by molar-refractivity contribution is 5.76. The molecule has 4 rings (SSSR count). The number of rotatable bonds is 5. The molecule has 2 nitrogen and oxygen atoms in total. The Balaban J connectivity index is 1.49. The zero-order valence-electron chi connectivity index (χ0n) is 12.2. The molecular weight excluding hydrogens is 258 g/mol. The van der Waals surface area contributed by atoms with Crippen LogP contribution < -0.4 is 5.73 Å². The van der Waals surface area contributed by atoms with Crippen molar-refractivity contribution in [2.75, 3.05) is 13.2 Å². The fourth-order valence-corrected chi connectivity index (χ4v) is 3.14. The molecule has 0 heterocycles. The molecule has 0 bridgehead atoms. The van der Waals surface area contributed by atoms with E-state index in [4.69, 9.17) is 10.5 Å². The van der Waals surface area contributed by atoms with Crippen LogP contribution in [0.3, 0.4) is 0 Å². The Morgan fingerprint density at radius 3 is 2.71 bits per heavy atom. The molecule has 1 fully saturated rings. The van der Waals surface area contributed by atoms with Crippen molar-refractivity contribution in [2.24, 2.45) is 11.7 Å². The van der Waals surface area contributed by atoms with Crippen molar-refractivity contribution in [1.82, 2.24) is 0 Å². The topological polar surface area (TPSA) is 35.2 Å². The van der Waals surface area contributed by atoms with E-state index in [0.717, 1.165) is 18.9 Å². The second kappa shape index (κ2) is 5.28. The molecule has 2 heteroatoms. The molecule has 1 saturated carbocycles. The van der Waals surface area contributed by atoms with E-state index in [0.29, 0.717) is 6.61 Å². The second-order valence-electron chi connectivity index (χ2n) is 6.34. The first-order chi connectivity index (χ1) is 10.3. The molecule has 2 aromatic rings. The molecule has 0 aromatic heterocycles. The van der Waals surface area contributed by atoms with E-state index in [2.05, 4.69) is 42.5 Å². The van der Waals surface area contributed by atoms with Crippen LogP contribution >= 0.6 is 0 Å². The van der Waals surface area contributed by atoms with Crippen LogP contribution in [0.25, 0.3) is 11.1 Å². The fourth-order valence-electron chi connectivity index (χ4n) is 3.14. The number of ether oxygens (including phenoxy) is 1. The summed E-state index contributed by atoms with van der Waals surface area (Å²) >= 11 is 0. The Kier molecular flexibility index (Phi) is 3.28. The van der Waals surface area contributed by atoms with E-state index >= 15 is 0 Å². The Hall–Kier alpha value is -1.64. The van der Waals surface area contributed by atoms with Gasteiger partial charge in [0, 0.05) is 6.61 Å². The lowest BCUT2D eigenvalue weighted by Gasteiger charge is -2.14. The van der Waals surface area contributed by atoms with Gasteiger partial charge in [-0.3, -0.25) is 0 Å². The number of hydrogen-bond donors (Lipinski definition) is 1. The molecule has 0 saturated heterocycles. The summed E-state index contributed by atoms with van der Waals surface area (Å²) < 4.78 is 5.73. The zero-order valence-corrected chi connectivity index (χ0v) is 12.2. The van der Waals surface area contributed by atoms with Gasteiger partial charge in [-0.05, 0) is 53.0 Å². The quantitative estimate of drug-likeness (QED) is 0.773. The minimum atomic E-state index is -0.0160. The van der Waals surface area contributed by atoms with Gasteiger partial charge in [0.2, 0.25) is 0 Å². The highest BCUT2D eigenvalue weighted by Crippen LogP contribution is 2.37. The monoisotopic (exact) mass is 279 g/mol. The van der Waals surface area contributed by atoms with Gasteiger partial charge >= 0.3 is 0 Å². The molecule has 0 amide bonds. The van der Waals surface area contributed by atoms with Gasteiger partial charge in [0.1, 0.15) is 0 Å². The zero-order chi connectivity index (χ0) is 14.2. The predicted molar refractivity (Wildman–Crippen MR) is 85.2 cm³/mol. The first-order valence-corrected chi connectivity index (χ1v) is 7.85. The summed E-state index contributed by atoms with van der Waals surface area (Å²) in [4.78, 5) is 0. The normalized spacial score (nSPS) is 17.4. The van der Waals surface area contributed by atoms with Crippen molar-refractivity contribution in [2.45, 2.75) is 25.3 Å². The van der Waals surface area contributed by atoms with Crippen LogP contribution in [0.15, 0.2) is 42.5 Å². The maximum Gasteiger partial charge on any atom is 0.0659 e. The molecule has 108 valence electrons. The molecule has 2 aliphatic rings. The van der Waals surface area contributed by atoms with Gasteiger partial charge in [-0.1, -0.05) is 42.5 Å². The molecule has 2 aromatic carbocycles. The summed E-state index contributed by atoms with van der Waals surface area (Å²) in [6.07, 6.45) is 3.67. The summed E-state index contributed by atoms with van der Waals surface area (Å²) in [5.41, 5.74) is 13.0. The Morgan fingerprint density at radius 1 is 1.05 bits per heavy atom. The summed E-state index contributed by atoms with van der Waals surface area (Å²) in [7, 11) is 0. The largest absolute Gasteiger partial charge is 0.379 e. The van der Waals surface area contributed by atoms with Crippen LogP contribution in [0.4, 0.5) is 0 Å². The van der Waals surface area contributed by atoms with Gasteiger partial charge in [-0.15, -0.1) is 0 Å². The minimum Gasteiger partial charge on any atom is -0.379 e. The van der Waals surface area contributed by atoms with E-state index in [1.807, 2.05) is 0 Å². The van der Waals surface area contributed by atoms with E-state index in [1.165, 1.54) is 40.7 Å². The van der Waals surface area contributed by atoms with E-state index in [9.17, 15) is 0 Å². The summed E-state index contributed by atoms with van der Waals surface area (Å²) in [5.74, 6) is 0.798. The van der Waals surface area contributed by atoms with Crippen LogP contribution in [0.5, 0.6) is 0 Å². The van der Waals surface area contributed by atoms with Crippen LogP contribution in [0.1, 0.15) is 35.6 Å². The molecular formula is C19H21NO. The number of fused-ring (bicyclic) bond motifs is 3. The van der Waals surface area contributed by atoms with Crippen molar-refractivity contribution < 1.29 is 4.74 Å². The predicted octanol–water partition coefficient (Wildman–Crippen LogP) is 3.68. The number of benzene rings is 2. The van der Waals surface area contributed by atoms with Crippen molar-refractivity contribution in [3.05, 3.63) is 59.2 Å². The van der Waals surface area contributed by atoms with Crippen molar-refractivity contribution in [3.63, 3.8) is 0 Å². The fraction of sp³-hybridized carbons (Fsp3) is 0.368. The minimum absolute atomic E-state index is 0.0160. The standard InChI is InChI=1S/C19H21NO/c20-19(12-21-11-13-5-6-13)15-7-8-18-16(10-15)9-14-3-1-2-4-17(14)18/h1-4,7-8,10,13,19H,5-6,9,11-12,20H2. The Bertz CT molecular complexity index is 660. The molecule has 0 radical (unpaired) electrons. The number of nitrogens with two attached hydrogens (primary N) is 1. The van der Waals surface area contributed by atoms with Crippen LogP contribution in [-0.2, 0) is 11.2 Å². The van der Waals surface area contributed by atoms with E-state index in [-0.39, 0.29) is 6.04 Å². The van der Waals surface area contributed by atoms with E-state index < -0.39 is 0 Å². The van der Waals surface area contributed by atoms with Gasteiger partial charge < -0.3 is 10.5 Å². The maximum absolute atomic E-state index is 6.28.